The van der Waals surface area contributed by atoms with Crippen molar-refractivity contribution in [1.29, 1.82) is 0 Å². The first-order valence-corrected chi connectivity index (χ1v) is 10.9. The number of amides is 1. The number of hydrogen-bond donors (Lipinski definition) is 1. The molecule has 168 valence electrons. The summed E-state index contributed by atoms with van der Waals surface area (Å²) in [5, 5.41) is 7.12. The van der Waals surface area contributed by atoms with E-state index in [0.29, 0.717) is 31.9 Å². The van der Waals surface area contributed by atoms with E-state index in [1.54, 1.807) is 45.0 Å². The fraction of sp³-hybridized carbons (Fsp3) is 0.238. The molecule has 1 aromatic carbocycles. The van der Waals surface area contributed by atoms with Crippen LogP contribution >= 0.6 is 34.5 Å². The third-order valence-electron chi connectivity index (χ3n) is 4.24. The zero-order valence-electron chi connectivity index (χ0n) is 17.3. The predicted octanol–water partition coefficient (Wildman–Crippen LogP) is 5.30. The number of aryl methyl sites for hydroxylation is 2. The van der Waals surface area contributed by atoms with Crippen molar-refractivity contribution in [2.24, 2.45) is 0 Å². The van der Waals surface area contributed by atoms with E-state index in [1.807, 2.05) is 0 Å². The SMILES string of the molecule is CCOC(=O)c1sc(-c2ccc(Cl)cc2Cl)cc1NC(=O)COC(=O)c1c(C)noc1C. The molecule has 0 atom stereocenters. The Bertz CT molecular complexity index is 1170. The second kappa shape index (κ2) is 10.2. The first-order chi connectivity index (χ1) is 15.2. The summed E-state index contributed by atoms with van der Waals surface area (Å²) in [6.07, 6.45) is 0. The lowest BCUT2D eigenvalue weighted by atomic mass is 10.2. The molecule has 0 saturated carbocycles. The number of nitrogens with zero attached hydrogens (tertiary/aromatic N) is 1. The normalized spacial score (nSPS) is 10.7. The molecule has 11 heteroatoms. The summed E-state index contributed by atoms with van der Waals surface area (Å²) in [4.78, 5) is 37.9. The van der Waals surface area contributed by atoms with Gasteiger partial charge in [0, 0.05) is 15.5 Å². The number of esters is 2. The lowest BCUT2D eigenvalue weighted by molar-refractivity contribution is -0.119. The molecule has 32 heavy (non-hydrogen) atoms. The van der Waals surface area contributed by atoms with E-state index in [9.17, 15) is 14.4 Å². The number of carbonyl (C=O) groups excluding carboxylic acids is 3. The molecule has 0 unspecified atom stereocenters. The highest BCUT2D eigenvalue weighted by molar-refractivity contribution is 7.18. The number of halogens is 2. The zero-order chi connectivity index (χ0) is 23.4. The Morgan fingerprint density at radius 3 is 2.50 bits per heavy atom. The molecule has 0 fully saturated rings. The number of hydrogen-bond acceptors (Lipinski definition) is 8. The summed E-state index contributed by atoms with van der Waals surface area (Å²) in [5.74, 6) is -1.68. The maximum Gasteiger partial charge on any atom is 0.350 e. The molecule has 0 spiro atoms. The molecular weight excluding hydrogens is 479 g/mol. The van der Waals surface area contributed by atoms with Gasteiger partial charge in [-0.1, -0.05) is 34.4 Å². The van der Waals surface area contributed by atoms with Gasteiger partial charge >= 0.3 is 11.9 Å². The fourth-order valence-electron chi connectivity index (χ4n) is 2.82. The third-order valence-corrected chi connectivity index (χ3v) is 5.93. The van der Waals surface area contributed by atoms with Crippen LogP contribution in [0.1, 0.15) is 38.4 Å². The number of thiophene rings is 1. The molecule has 0 saturated heterocycles. The molecule has 3 rings (SSSR count). The molecule has 3 aromatic rings. The highest BCUT2D eigenvalue weighted by Crippen LogP contribution is 2.39. The quantitative estimate of drug-likeness (QED) is 0.442. The number of rotatable bonds is 7. The monoisotopic (exact) mass is 496 g/mol. The summed E-state index contributed by atoms with van der Waals surface area (Å²) in [6, 6.07) is 6.55. The Balaban J connectivity index is 1.79. The van der Waals surface area contributed by atoms with E-state index in [0.717, 1.165) is 11.3 Å². The van der Waals surface area contributed by atoms with Gasteiger partial charge in [-0.15, -0.1) is 11.3 Å². The molecule has 0 bridgehead atoms. The average Bonchev–Trinajstić information content (AvgIpc) is 3.29. The van der Waals surface area contributed by atoms with Crippen LogP contribution in [0.3, 0.4) is 0 Å². The zero-order valence-corrected chi connectivity index (χ0v) is 19.6. The number of benzene rings is 1. The van der Waals surface area contributed by atoms with Crippen LogP contribution in [0.2, 0.25) is 10.0 Å². The van der Waals surface area contributed by atoms with Gasteiger partial charge in [0.2, 0.25) is 0 Å². The van der Waals surface area contributed by atoms with Crippen molar-refractivity contribution in [1.82, 2.24) is 5.16 Å². The van der Waals surface area contributed by atoms with Crippen LogP contribution in [0.5, 0.6) is 0 Å². The lowest BCUT2D eigenvalue weighted by Crippen LogP contribution is -2.22. The molecule has 8 nitrogen and oxygen atoms in total. The Labute approximate surface area is 197 Å². The van der Waals surface area contributed by atoms with Crippen molar-refractivity contribution in [2.75, 3.05) is 18.5 Å². The van der Waals surface area contributed by atoms with E-state index >= 15 is 0 Å². The van der Waals surface area contributed by atoms with Crippen LogP contribution in [0.15, 0.2) is 28.8 Å². The highest BCUT2D eigenvalue weighted by Gasteiger charge is 2.23. The molecule has 1 amide bonds. The summed E-state index contributed by atoms with van der Waals surface area (Å²) in [5.41, 5.74) is 1.38. The van der Waals surface area contributed by atoms with Crippen LogP contribution in [0.25, 0.3) is 10.4 Å². The molecule has 2 aromatic heterocycles. The van der Waals surface area contributed by atoms with Gasteiger partial charge in [-0.2, -0.15) is 0 Å². The van der Waals surface area contributed by atoms with E-state index in [1.165, 1.54) is 0 Å². The minimum Gasteiger partial charge on any atom is -0.462 e. The molecular formula is C21H18Cl2N2O6S. The van der Waals surface area contributed by atoms with Gasteiger partial charge in [0.05, 0.1) is 23.0 Å². The van der Waals surface area contributed by atoms with Crippen LogP contribution in [0, 0.1) is 13.8 Å². The molecule has 2 heterocycles. The van der Waals surface area contributed by atoms with Gasteiger partial charge in [0.1, 0.15) is 16.2 Å². The molecule has 0 aliphatic carbocycles. The Hall–Kier alpha value is -2.88. The first-order valence-electron chi connectivity index (χ1n) is 9.37. The van der Waals surface area contributed by atoms with Gasteiger partial charge in [0.25, 0.3) is 5.91 Å². The number of carbonyl (C=O) groups is 3. The average molecular weight is 497 g/mol. The topological polar surface area (TPSA) is 108 Å². The van der Waals surface area contributed by atoms with Crippen molar-refractivity contribution in [3.05, 3.63) is 56.2 Å². The van der Waals surface area contributed by atoms with E-state index in [4.69, 9.17) is 37.2 Å². The highest BCUT2D eigenvalue weighted by atomic mass is 35.5. The maximum absolute atomic E-state index is 12.4. The molecule has 0 radical (unpaired) electrons. The van der Waals surface area contributed by atoms with E-state index in [2.05, 4.69) is 10.5 Å². The summed E-state index contributed by atoms with van der Waals surface area (Å²) >= 11 is 13.3. The van der Waals surface area contributed by atoms with E-state index in [-0.39, 0.29) is 22.7 Å². The van der Waals surface area contributed by atoms with E-state index < -0.39 is 24.5 Å². The van der Waals surface area contributed by atoms with Gasteiger partial charge in [-0.25, -0.2) is 9.59 Å². The summed E-state index contributed by atoms with van der Waals surface area (Å²) in [6.45, 7) is 4.42. The van der Waals surface area contributed by atoms with Crippen molar-refractivity contribution >= 4 is 58.1 Å². The van der Waals surface area contributed by atoms with Crippen LogP contribution in [-0.2, 0) is 14.3 Å². The van der Waals surface area contributed by atoms with Crippen molar-refractivity contribution in [2.45, 2.75) is 20.8 Å². The standard InChI is InChI=1S/C21H18Cl2N2O6S/c1-4-29-21(28)19-15(8-16(32-19)13-6-5-12(22)7-14(13)23)24-17(26)9-30-20(27)18-10(2)25-31-11(18)3/h5-8H,4,9H2,1-3H3,(H,24,26). The van der Waals surface area contributed by atoms with Gasteiger partial charge in [0.15, 0.2) is 6.61 Å². The summed E-state index contributed by atoms with van der Waals surface area (Å²) in [7, 11) is 0. The van der Waals surface area contributed by atoms with Crippen molar-refractivity contribution in [3.63, 3.8) is 0 Å². The minimum absolute atomic E-state index is 0.163. The first kappa shape index (κ1) is 23.8. The molecule has 0 aliphatic heterocycles. The van der Waals surface area contributed by atoms with Crippen LogP contribution in [-0.4, -0.2) is 36.2 Å². The van der Waals surface area contributed by atoms with Crippen molar-refractivity contribution in [3.8, 4) is 10.4 Å². The summed E-state index contributed by atoms with van der Waals surface area (Å²) < 4.78 is 15.1. The second-order valence-electron chi connectivity index (χ2n) is 6.52. The number of anilines is 1. The number of aromatic nitrogens is 1. The fourth-order valence-corrected chi connectivity index (χ4v) is 4.43. The smallest absolute Gasteiger partial charge is 0.350 e. The van der Waals surface area contributed by atoms with Crippen LogP contribution in [0.4, 0.5) is 5.69 Å². The van der Waals surface area contributed by atoms with Crippen LogP contribution < -0.4 is 5.32 Å². The van der Waals surface area contributed by atoms with Crippen molar-refractivity contribution < 1.29 is 28.4 Å². The largest absolute Gasteiger partial charge is 0.462 e. The van der Waals surface area contributed by atoms with Gasteiger partial charge < -0.3 is 19.3 Å². The number of nitrogens with one attached hydrogen (secondary N) is 1. The van der Waals surface area contributed by atoms with Gasteiger partial charge in [-0.05, 0) is 39.0 Å². The Morgan fingerprint density at radius 1 is 1.12 bits per heavy atom. The third kappa shape index (κ3) is 5.29. The van der Waals surface area contributed by atoms with Gasteiger partial charge in [-0.3, -0.25) is 4.79 Å². The Kier molecular flexibility index (Phi) is 7.55. The maximum atomic E-state index is 12.4. The molecule has 0 aliphatic rings. The minimum atomic E-state index is -0.735. The predicted molar refractivity (Wildman–Crippen MR) is 121 cm³/mol. The molecule has 1 N–H and O–H groups in total. The second-order valence-corrected chi connectivity index (χ2v) is 8.42. The number of ether oxygens (including phenoxy) is 2. The Morgan fingerprint density at radius 2 is 1.88 bits per heavy atom. The lowest BCUT2D eigenvalue weighted by Gasteiger charge is -2.07.